The van der Waals surface area contributed by atoms with Crippen LogP contribution in [0.3, 0.4) is 0 Å². The second-order valence-electron chi connectivity index (χ2n) is 7.06. The number of ether oxygens (including phenoxy) is 1. The van der Waals surface area contributed by atoms with E-state index in [2.05, 4.69) is 0 Å². The summed E-state index contributed by atoms with van der Waals surface area (Å²) in [5, 5.41) is 9.66. The number of alkyl halides is 3. The average molecular weight is 440 g/mol. The van der Waals surface area contributed by atoms with Gasteiger partial charge in [0.15, 0.2) is 5.76 Å². The van der Waals surface area contributed by atoms with Crippen LogP contribution in [-0.2, 0) is 15.8 Å². The van der Waals surface area contributed by atoms with E-state index in [4.69, 9.17) is 16.3 Å². The Hall–Kier alpha value is -3.00. The number of rotatable bonds is 5. The van der Waals surface area contributed by atoms with E-state index < -0.39 is 34.3 Å². The molecule has 0 saturated heterocycles. The van der Waals surface area contributed by atoms with E-state index >= 15 is 0 Å². The first-order valence-electron chi connectivity index (χ1n) is 8.92. The number of anilines is 1. The van der Waals surface area contributed by atoms with Crippen molar-refractivity contribution in [3.63, 3.8) is 0 Å². The number of aliphatic hydroxyl groups is 1. The predicted octanol–water partition coefficient (Wildman–Crippen LogP) is 5.24. The van der Waals surface area contributed by atoms with Crippen LogP contribution in [0.15, 0.2) is 48.2 Å². The monoisotopic (exact) mass is 439 g/mol. The van der Waals surface area contributed by atoms with Gasteiger partial charge in [0, 0.05) is 0 Å². The lowest BCUT2D eigenvalue weighted by molar-refractivity contribution is -0.137. The number of benzene rings is 2. The smallest absolute Gasteiger partial charge is 0.417 e. The molecule has 30 heavy (non-hydrogen) atoms. The normalized spacial score (nSPS) is 14.8. The molecule has 0 bridgehead atoms. The van der Waals surface area contributed by atoms with Gasteiger partial charge in [-0.3, -0.25) is 9.59 Å². The quantitative estimate of drug-likeness (QED) is 0.647. The lowest BCUT2D eigenvalue weighted by atomic mass is 10.1. The summed E-state index contributed by atoms with van der Waals surface area (Å²) in [6.07, 6.45) is -4.77. The van der Waals surface area contributed by atoms with Gasteiger partial charge >= 0.3 is 12.1 Å². The molecule has 9 heteroatoms. The molecule has 0 saturated carbocycles. The van der Waals surface area contributed by atoms with Crippen LogP contribution in [0.2, 0.25) is 5.02 Å². The van der Waals surface area contributed by atoms with E-state index in [1.165, 1.54) is 12.1 Å². The van der Waals surface area contributed by atoms with E-state index in [0.29, 0.717) is 29.2 Å². The van der Waals surface area contributed by atoms with Gasteiger partial charge in [0.2, 0.25) is 0 Å². The molecule has 1 N–H and O–H groups in total. The molecule has 2 aromatic rings. The summed E-state index contributed by atoms with van der Waals surface area (Å²) >= 11 is 5.59. The maximum absolute atomic E-state index is 13.1. The van der Waals surface area contributed by atoms with Gasteiger partial charge in [-0.05, 0) is 41.8 Å². The van der Waals surface area contributed by atoms with Gasteiger partial charge in [-0.1, -0.05) is 37.6 Å². The Kier molecular flexibility index (Phi) is 5.81. The van der Waals surface area contributed by atoms with Crippen molar-refractivity contribution in [2.24, 2.45) is 5.92 Å². The zero-order chi connectivity index (χ0) is 22.2. The molecule has 0 spiro atoms. The number of hydrogen-bond donors (Lipinski definition) is 1. The molecule has 3 rings (SSSR count). The minimum atomic E-state index is -4.77. The molecule has 5 nitrogen and oxygen atoms in total. The molecule has 2 amide bonds. The fourth-order valence-electron chi connectivity index (χ4n) is 2.86. The van der Waals surface area contributed by atoms with Crippen molar-refractivity contribution in [1.29, 1.82) is 0 Å². The van der Waals surface area contributed by atoms with Gasteiger partial charge < -0.3 is 9.84 Å². The third-order valence-corrected chi connectivity index (χ3v) is 4.63. The first kappa shape index (κ1) is 21.7. The zero-order valence-corrected chi connectivity index (χ0v) is 16.7. The highest BCUT2D eigenvalue weighted by molar-refractivity contribution is 6.45. The number of carbonyl (C=O) groups excluding carboxylic acids is 2. The van der Waals surface area contributed by atoms with Gasteiger partial charge in [0.1, 0.15) is 5.75 Å². The second kappa shape index (κ2) is 8.02. The Morgan fingerprint density at radius 2 is 1.70 bits per heavy atom. The molecule has 1 aliphatic rings. The van der Waals surface area contributed by atoms with Crippen molar-refractivity contribution in [2.45, 2.75) is 20.0 Å². The molecule has 158 valence electrons. The van der Waals surface area contributed by atoms with Gasteiger partial charge in [0.25, 0.3) is 5.91 Å². The van der Waals surface area contributed by atoms with Gasteiger partial charge in [-0.2, -0.15) is 13.2 Å². The summed E-state index contributed by atoms with van der Waals surface area (Å²) in [6.45, 7) is 4.45. The minimum Gasteiger partial charge on any atom is -0.502 e. The molecule has 2 aromatic carbocycles. The highest BCUT2D eigenvalue weighted by Gasteiger charge is 2.42. The van der Waals surface area contributed by atoms with E-state index in [1.807, 2.05) is 13.8 Å². The number of nitrogens with zero attached hydrogens (tertiary/aromatic N) is 1. The maximum atomic E-state index is 13.1. The summed E-state index contributed by atoms with van der Waals surface area (Å²) < 4.78 is 44.9. The Morgan fingerprint density at radius 1 is 1.07 bits per heavy atom. The van der Waals surface area contributed by atoms with Crippen LogP contribution < -0.4 is 9.64 Å². The number of aliphatic hydroxyl groups excluding tert-OH is 1. The van der Waals surface area contributed by atoms with E-state index in [9.17, 15) is 27.9 Å². The zero-order valence-electron chi connectivity index (χ0n) is 16.0. The van der Waals surface area contributed by atoms with Crippen LogP contribution in [0.1, 0.15) is 25.0 Å². The number of imide groups is 1. The summed E-state index contributed by atoms with van der Waals surface area (Å²) in [5.74, 6) is -2.07. The Bertz CT molecular complexity index is 1030. The first-order chi connectivity index (χ1) is 14.0. The average Bonchev–Trinajstić information content (AvgIpc) is 2.89. The SMILES string of the molecule is CC(C)COc1ccc(C2=C(O)C(=O)N(c3ccc(Cl)c(C(F)(F)F)c3)C2=O)cc1. The van der Waals surface area contributed by atoms with Crippen molar-refractivity contribution in [3.8, 4) is 5.75 Å². The summed E-state index contributed by atoms with van der Waals surface area (Å²) in [6, 6.07) is 8.75. The Morgan fingerprint density at radius 3 is 2.27 bits per heavy atom. The first-order valence-corrected chi connectivity index (χ1v) is 9.30. The standard InChI is InChI=1S/C21H17ClF3NO4/c1-11(2)10-30-14-6-3-12(4-7-14)17-18(27)20(29)26(19(17)28)13-5-8-16(22)15(9-13)21(23,24)25/h3-9,11,27H,10H2,1-2H3. The second-order valence-corrected chi connectivity index (χ2v) is 7.47. The molecule has 0 atom stereocenters. The van der Waals surface area contributed by atoms with Crippen LogP contribution in [0, 0.1) is 5.92 Å². The van der Waals surface area contributed by atoms with Crippen LogP contribution in [0.4, 0.5) is 18.9 Å². The summed E-state index contributed by atoms with van der Waals surface area (Å²) in [4.78, 5) is 25.7. The number of halogens is 4. The van der Waals surface area contributed by atoms with Gasteiger partial charge in [0.05, 0.1) is 28.5 Å². The molecule has 0 fully saturated rings. The predicted molar refractivity (Wildman–Crippen MR) is 105 cm³/mol. The third-order valence-electron chi connectivity index (χ3n) is 4.30. The molecular formula is C21H17ClF3NO4. The van der Waals surface area contributed by atoms with E-state index in [0.717, 1.165) is 12.1 Å². The van der Waals surface area contributed by atoms with Gasteiger partial charge in [-0.15, -0.1) is 0 Å². The lowest BCUT2D eigenvalue weighted by Gasteiger charge is -2.17. The number of hydrogen-bond acceptors (Lipinski definition) is 4. The van der Waals surface area contributed by atoms with Crippen LogP contribution >= 0.6 is 11.6 Å². The van der Waals surface area contributed by atoms with Gasteiger partial charge in [-0.25, -0.2) is 4.90 Å². The molecular weight excluding hydrogens is 423 g/mol. The Labute approximate surface area is 175 Å². The number of amides is 2. The maximum Gasteiger partial charge on any atom is 0.417 e. The fraction of sp³-hybridized carbons (Fsp3) is 0.238. The van der Waals surface area contributed by atoms with E-state index in [1.54, 1.807) is 12.1 Å². The minimum absolute atomic E-state index is 0.232. The van der Waals surface area contributed by atoms with Crippen molar-refractivity contribution < 1.29 is 32.6 Å². The Balaban J connectivity index is 1.92. The molecule has 0 aliphatic carbocycles. The van der Waals surface area contributed by atoms with Crippen molar-refractivity contribution in [2.75, 3.05) is 11.5 Å². The molecule has 0 unspecified atom stereocenters. The molecule has 1 heterocycles. The fourth-order valence-corrected chi connectivity index (χ4v) is 3.09. The van der Waals surface area contributed by atoms with Crippen LogP contribution in [-0.4, -0.2) is 23.5 Å². The molecule has 0 aromatic heterocycles. The largest absolute Gasteiger partial charge is 0.502 e. The van der Waals surface area contributed by atoms with Crippen LogP contribution in [0.25, 0.3) is 5.57 Å². The third kappa shape index (κ3) is 4.14. The highest BCUT2D eigenvalue weighted by atomic mass is 35.5. The topological polar surface area (TPSA) is 66.8 Å². The molecule has 1 aliphatic heterocycles. The van der Waals surface area contributed by atoms with E-state index in [-0.39, 0.29) is 16.8 Å². The summed E-state index contributed by atoms with van der Waals surface area (Å²) in [5.41, 5.74) is -1.61. The summed E-state index contributed by atoms with van der Waals surface area (Å²) in [7, 11) is 0. The number of carbonyl (C=O) groups is 2. The molecule has 0 radical (unpaired) electrons. The van der Waals surface area contributed by atoms with Crippen molar-refractivity contribution in [3.05, 3.63) is 64.4 Å². The van der Waals surface area contributed by atoms with Crippen molar-refractivity contribution in [1.82, 2.24) is 0 Å². The van der Waals surface area contributed by atoms with Crippen LogP contribution in [0.5, 0.6) is 5.75 Å². The van der Waals surface area contributed by atoms with Crippen molar-refractivity contribution >= 4 is 34.7 Å². The lowest BCUT2D eigenvalue weighted by Crippen LogP contribution is -2.31. The highest BCUT2D eigenvalue weighted by Crippen LogP contribution is 2.39.